The summed E-state index contributed by atoms with van der Waals surface area (Å²) in [6, 6.07) is 1.75. The van der Waals surface area contributed by atoms with Gasteiger partial charge in [-0.1, -0.05) is 0 Å². The van der Waals surface area contributed by atoms with Crippen molar-refractivity contribution in [1.29, 1.82) is 0 Å². The molecule has 2 heterocycles. The summed E-state index contributed by atoms with van der Waals surface area (Å²) in [4.78, 5) is 19.1. The second-order valence-electron chi connectivity index (χ2n) is 3.09. The van der Waals surface area contributed by atoms with Gasteiger partial charge in [-0.25, -0.2) is 14.8 Å². The van der Waals surface area contributed by atoms with Gasteiger partial charge in [-0.3, -0.25) is 4.40 Å². The SMILES string of the molecule is Cc1ccn2c(C(=O)O)c(C)nc2n1. The molecule has 2 rings (SSSR count). The second-order valence-corrected chi connectivity index (χ2v) is 3.09. The van der Waals surface area contributed by atoms with Crippen LogP contribution in [0.15, 0.2) is 12.3 Å². The van der Waals surface area contributed by atoms with Crippen molar-refractivity contribution in [1.82, 2.24) is 14.4 Å². The molecule has 2 aromatic rings. The lowest BCUT2D eigenvalue weighted by molar-refractivity contribution is 0.0688. The summed E-state index contributed by atoms with van der Waals surface area (Å²) in [7, 11) is 0. The highest BCUT2D eigenvalue weighted by atomic mass is 16.4. The molecule has 0 aliphatic rings. The summed E-state index contributed by atoms with van der Waals surface area (Å²) < 4.78 is 1.48. The van der Waals surface area contributed by atoms with E-state index in [4.69, 9.17) is 5.11 Å². The first kappa shape index (κ1) is 8.68. The van der Waals surface area contributed by atoms with E-state index in [9.17, 15) is 4.79 Å². The van der Waals surface area contributed by atoms with Gasteiger partial charge >= 0.3 is 5.97 Å². The minimum atomic E-state index is -0.986. The number of nitrogens with zero attached hydrogens (tertiary/aromatic N) is 3. The normalized spacial score (nSPS) is 10.7. The van der Waals surface area contributed by atoms with Crippen LogP contribution in [0.2, 0.25) is 0 Å². The van der Waals surface area contributed by atoms with Crippen LogP contribution in [-0.2, 0) is 0 Å². The van der Waals surface area contributed by atoms with Crippen LogP contribution in [0.4, 0.5) is 0 Å². The molecule has 72 valence electrons. The molecule has 0 radical (unpaired) electrons. The van der Waals surface area contributed by atoms with Gasteiger partial charge in [0, 0.05) is 11.9 Å². The molecule has 5 nitrogen and oxygen atoms in total. The van der Waals surface area contributed by atoms with E-state index >= 15 is 0 Å². The summed E-state index contributed by atoms with van der Waals surface area (Å²) in [5.41, 5.74) is 1.47. The van der Waals surface area contributed by atoms with E-state index in [0.29, 0.717) is 11.5 Å². The highest BCUT2D eigenvalue weighted by Gasteiger charge is 2.15. The molecule has 0 unspecified atom stereocenters. The lowest BCUT2D eigenvalue weighted by Crippen LogP contribution is -2.03. The number of carboxylic acids is 1. The molecule has 0 spiro atoms. The quantitative estimate of drug-likeness (QED) is 0.731. The number of carboxylic acid groups (broad SMARTS) is 1. The van der Waals surface area contributed by atoms with E-state index in [0.717, 1.165) is 5.69 Å². The maximum absolute atomic E-state index is 10.9. The third-order valence-corrected chi connectivity index (χ3v) is 2.01. The summed E-state index contributed by atoms with van der Waals surface area (Å²) in [6.07, 6.45) is 1.67. The van der Waals surface area contributed by atoms with Crippen LogP contribution in [0, 0.1) is 13.8 Å². The molecule has 2 aromatic heterocycles. The first-order chi connectivity index (χ1) is 6.59. The van der Waals surface area contributed by atoms with E-state index in [1.54, 1.807) is 19.2 Å². The predicted octanol–water partition coefficient (Wildman–Crippen LogP) is 1.04. The summed E-state index contributed by atoms with van der Waals surface area (Å²) in [5.74, 6) is -0.555. The molecule has 0 bridgehead atoms. The predicted molar refractivity (Wildman–Crippen MR) is 49.4 cm³/mol. The van der Waals surface area contributed by atoms with Crippen molar-refractivity contribution in [3.05, 3.63) is 29.3 Å². The number of fused-ring (bicyclic) bond motifs is 1. The van der Waals surface area contributed by atoms with E-state index in [-0.39, 0.29) is 5.69 Å². The third-order valence-electron chi connectivity index (χ3n) is 2.01. The minimum Gasteiger partial charge on any atom is -0.477 e. The molecule has 0 atom stereocenters. The average Bonchev–Trinajstić information content (AvgIpc) is 2.39. The Morgan fingerprint density at radius 1 is 1.43 bits per heavy atom. The van der Waals surface area contributed by atoms with Crippen LogP contribution in [0.5, 0.6) is 0 Å². The largest absolute Gasteiger partial charge is 0.477 e. The van der Waals surface area contributed by atoms with Gasteiger partial charge in [0.2, 0.25) is 5.78 Å². The minimum absolute atomic E-state index is 0.174. The first-order valence-electron chi connectivity index (χ1n) is 4.15. The summed E-state index contributed by atoms with van der Waals surface area (Å²) in [5, 5.41) is 8.93. The smallest absolute Gasteiger partial charge is 0.354 e. The van der Waals surface area contributed by atoms with Gasteiger partial charge in [-0.15, -0.1) is 0 Å². The molecule has 1 N–H and O–H groups in total. The van der Waals surface area contributed by atoms with Crippen LogP contribution in [0.25, 0.3) is 5.78 Å². The Bertz CT molecular complexity index is 516. The fraction of sp³-hybridized carbons (Fsp3) is 0.222. The van der Waals surface area contributed by atoms with Gasteiger partial charge in [-0.2, -0.15) is 0 Å². The van der Waals surface area contributed by atoms with E-state index in [1.807, 2.05) is 6.92 Å². The summed E-state index contributed by atoms with van der Waals surface area (Å²) >= 11 is 0. The zero-order valence-corrected chi connectivity index (χ0v) is 7.85. The molecule has 0 saturated heterocycles. The Morgan fingerprint density at radius 2 is 2.14 bits per heavy atom. The maximum atomic E-state index is 10.9. The highest BCUT2D eigenvalue weighted by Crippen LogP contribution is 2.10. The number of aromatic carboxylic acids is 1. The maximum Gasteiger partial charge on any atom is 0.354 e. The average molecular weight is 191 g/mol. The zero-order chi connectivity index (χ0) is 10.3. The van der Waals surface area contributed by atoms with E-state index in [1.165, 1.54) is 4.40 Å². The van der Waals surface area contributed by atoms with Crippen LogP contribution in [0.3, 0.4) is 0 Å². The first-order valence-corrected chi connectivity index (χ1v) is 4.15. The standard InChI is InChI=1S/C9H9N3O2/c1-5-3-4-12-7(8(13)14)6(2)11-9(12)10-5/h3-4H,1-2H3,(H,13,14). The van der Waals surface area contributed by atoms with Crippen molar-refractivity contribution in [2.24, 2.45) is 0 Å². The number of carbonyl (C=O) groups is 1. The van der Waals surface area contributed by atoms with Crippen LogP contribution in [0.1, 0.15) is 21.9 Å². The molecular formula is C9H9N3O2. The lowest BCUT2D eigenvalue weighted by atomic mass is 10.3. The van der Waals surface area contributed by atoms with Crippen LogP contribution >= 0.6 is 0 Å². The lowest BCUT2D eigenvalue weighted by Gasteiger charge is -1.96. The monoisotopic (exact) mass is 191 g/mol. The Balaban J connectivity index is 2.84. The molecule has 0 fully saturated rings. The van der Waals surface area contributed by atoms with E-state index in [2.05, 4.69) is 9.97 Å². The molecule has 0 aliphatic heterocycles. The van der Waals surface area contributed by atoms with Crippen LogP contribution < -0.4 is 0 Å². The van der Waals surface area contributed by atoms with Gasteiger partial charge in [0.25, 0.3) is 0 Å². The Morgan fingerprint density at radius 3 is 2.79 bits per heavy atom. The number of rotatable bonds is 1. The molecule has 0 amide bonds. The molecule has 14 heavy (non-hydrogen) atoms. The van der Waals surface area contributed by atoms with Crippen molar-refractivity contribution < 1.29 is 9.90 Å². The molecule has 5 heteroatoms. The number of hydrogen-bond acceptors (Lipinski definition) is 3. The fourth-order valence-corrected chi connectivity index (χ4v) is 1.39. The Kier molecular flexibility index (Phi) is 1.73. The second kappa shape index (κ2) is 2.80. The van der Waals surface area contributed by atoms with E-state index < -0.39 is 5.97 Å². The van der Waals surface area contributed by atoms with Crippen molar-refractivity contribution in [2.45, 2.75) is 13.8 Å². The summed E-state index contributed by atoms with van der Waals surface area (Å²) in [6.45, 7) is 3.50. The zero-order valence-electron chi connectivity index (χ0n) is 7.85. The number of hydrogen-bond donors (Lipinski definition) is 1. The number of imidazole rings is 1. The van der Waals surface area contributed by atoms with Gasteiger partial charge < -0.3 is 5.11 Å². The van der Waals surface area contributed by atoms with Crippen molar-refractivity contribution in [3.63, 3.8) is 0 Å². The number of aryl methyl sites for hydroxylation is 2. The van der Waals surface area contributed by atoms with Gasteiger partial charge in [-0.05, 0) is 19.9 Å². The molecular weight excluding hydrogens is 182 g/mol. The van der Waals surface area contributed by atoms with Gasteiger partial charge in [0.05, 0.1) is 5.69 Å². The Hall–Kier alpha value is -1.91. The van der Waals surface area contributed by atoms with Crippen LogP contribution in [-0.4, -0.2) is 25.4 Å². The number of aromatic nitrogens is 3. The topological polar surface area (TPSA) is 67.5 Å². The van der Waals surface area contributed by atoms with Crippen molar-refractivity contribution in [3.8, 4) is 0 Å². The van der Waals surface area contributed by atoms with Gasteiger partial charge in [0.15, 0.2) is 5.69 Å². The third kappa shape index (κ3) is 1.14. The highest BCUT2D eigenvalue weighted by molar-refractivity contribution is 5.88. The Labute approximate surface area is 80.0 Å². The van der Waals surface area contributed by atoms with Crippen molar-refractivity contribution >= 4 is 11.7 Å². The molecule has 0 aromatic carbocycles. The molecule has 0 saturated carbocycles. The van der Waals surface area contributed by atoms with Crippen molar-refractivity contribution in [2.75, 3.05) is 0 Å². The van der Waals surface area contributed by atoms with Gasteiger partial charge in [0.1, 0.15) is 0 Å². The fourth-order valence-electron chi connectivity index (χ4n) is 1.39. The molecule has 0 aliphatic carbocycles.